The molecule has 1 rings (SSSR count). The summed E-state index contributed by atoms with van der Waals surface area (Å²) < 4.78 is 4.64. The molecule has 0 aliphatic heterocycles. The molecule has 8 nitrogen and oxygen atoms in total. The van der Waals surface area contributed by atoms with Gasteiger partial charge in [0, 0.05) is 0 Å². The number of nitro groups is 1. The summed E-state index contributed by atoms with van der Waals surface area (Å²) in [6.45, 7) is 1.82. The van der Waals surface area contributed by atoms with Crippen molar-refractivity contribution in [2.45, 2.75) is 6.92 Å². The molecule has 15 heavy (non-hydrogen) atoms. The lowest BCUT2D eigenvalue weighted by Crippen LogP contribution is -2.16. The van der Waals surface area contributed by atoms with Gasteiger partial charge in [0.05, 0.1) is 6.61 Å². The largest absolute Gasteiger partial charge is 0.465 e. The summed E-state index contributed by atoms with van der Waals surface area (Å²) in [5.74, 6) is -0.757. The monoisotopic (exact) mass is 214 g/mol. The number of nitrogens with one attached hydrogen (secondary N) is 2. The van der Waals surface area contributed by atoms with Gasteiger partial charge in [-0.15, -0.1) is 5.10 Å². The van der Waals surface area contributed by atoms with Crippen LogP contribution in [0, 0.1) is 10.1 Å². The van der Waals surface area contributed by atoms with E-state index in [2.05, 4.69) is 20.3 Å². The van der Waals surface area contributed by atoms with Gasteiger partial charge in [-0.2, -0.15) is 0 Å². The van der Waals surface area contributed by atoms with E-state index in [9.17, 15) is 14.9 Å². The Hall–Kier alpha value is -2.12. The molecular weight excluding hydrogens is 204 g/mol. The summed E-state index contributed by atoms with van der Waals surface area (Å²) in [5.41, 5.74) is 0.160. The topological polar surface area (TPSA) is 110 Å². The van der Waals surface area contributed by atoms with Gasteiger partial charge in [-0.25, -0.2) is 0 Å². The number of esters is 1. The lowest BCUT2D eigenvalue weighted by atomic mass is 10.5. The van der Waals surface area contributed by atoms with Crippen molar-refractivity contribution in [2.24, 2.45) is 0 Å². The first-order valence-corrected chi connectivity index (χ1v) is 4.22. The molecule has 82 valence electrons. The molecule has 0 unspecified atom stereocenters. The third kappa shape index (κ3) is 2.93. The molecule has 0 saturated carbocycles. The number of hydrogen-bond donors (Lipinski definition) is 2. The molecule has 0 spiro atoms. The van der Waals surface area contributed by atoms with Crippen LogP contribution < -0.4 is 5.32 Å². The second-order valence-corrected chi connectivity index (χ2v) is 2.55. The van der Waals surface area contributed by atoms with E-state index in [4.69, 9.17) is 0 Å². The normalized spacial score (nSPS) is 9.67. The zero-order valence-electron chi connectivity index (χ0n) is 8.02. The molecule has 0 aromatic carbocycles. The molecular formula is C7H10N4O4. The minimum atomic E-state index is -0.625. The first-order valence-electron chi connectivity index (χ1n) is 4.22. The van der Waals surface area contributed by atoms with Gasteiger partial charge in [-0.3, -0.25) is 4.79 Å². The summed E-state index contributed by atoms with van der Waals surface area (Å²) in [7, 11) is 0. The van der Waals surface area contributed by atoms with Crippen LogP contribution in [0.25, 0.3) is 0 Å². The van der Waals surface area contributed by atoms with E-state index in [1.54, 1.807) is 6.92 Å². The number of carbonyl (C=O) groups excluding carboxylic acids is 1. The number of hydrogen-bond acceptors (Lipinski definition) is 6. The predicted octanol–water partition coefficient (Wildman–Crippen LogP) is 0.293. The molecule has 1 aromatic rings. The second-order valence-electron chi connectivity index (χ2n) is 2.55. The minimum Gasteiger partial charge on any atom is -0.465 e. The molecule has 2 N–H and O–H groups in total. The quantitative estimate of drug-likeness (QED) is 0.414. The molecule has 0 atom stereocenters. The van der Waals surface area contributed by atoms with Crippen LogP contribution in [-0.4, -0.2) is 34.2 Å². The molecule has 0 radical (unpaired) electrons. The number of aromatic amines is 1. The number of carbonyl (C=O) groups is 1. The number of aromatic nitrogens is 2. The minimum absolute atomic E-state index is 0.131. The van der Waals surface area contributed by atoms with Crippen LogP contribution in [0.3, 0.4) is 0 Å². The van der Waals surface area contributed by atoms with Crippen LogP contribution in [0.15, 0.2) is 6.20 Å². The molecule has 0 aliphatic rings. The van der Waals surface area contributed by atoms with Crippen molar-refractivity contribution in [1.29, 1.82) is 0 Å². The smallest absolute Gasteiger partial charge is 0.366 e. The Labute approximate surface area is 84.8 Å². The van der Waals surface area contributed by atoms with Gasteiger partial charge in [0.25, 0.3) is 0 Å². The number of H-pyrrole nitrogens is 1. The summed E-state index contributed by atoms with van der Waals surface area (Å²) in [5, 5.41) is 18.7. The van der Waals surface area contributed by atoms with Gasteiger partial charge in [-0.1, -0.05) is 5.10 Å². The van der Waals surface area contributed by atoms with Crippen molar-refractivity contribution < 1.29 is 14.5 Å². The maximum atomic E-state index is 10.9. The molecule has 1 heterocycles. The third-order valence-corrected chi connectivity index (χ3v) is 1.53. The number of ether oxygens (including phenoxy) is 1. The first kappa shape index (κ1) is 11.0. The van der Waals surface area contributed by atoms with E-state index >= 15 is 0 Å². The van der Waals surface area contributed by atoms with Crippen LogP contribution in [0.4, 0.5) is 11.5 Å². The zero-order chi connectivity index (χ0) is 11.3. The Bertz CT molecular complexity index is 362. The predicted molar refractivity (Wildman–Crippen MR) is 50.4 cm³/mol. The average molecular weight is 214 g/mol. The fourth-order valence-corrected chi connectivity index (χ4v) is 0.927. The SMILES string of the molecule is CCOC(=O)CNc1cn[nH]c1[N+](=O)[O-]. The number of nitrogens with zero attached hydrogens (tertiary/aromatic N) is 2. The molecule has 8 heteroatoms. The Morgan fingerprint density at radius 1 is 1.80 bits per heavy atom. The number of anilines is 1. The number of rotatable bonds is 5. The van der Waals surface area contributed by atoms with Gasteiger partial charge in [0.15, 0.2) is 5.69 Å². The fraction of sp³-hybridized carbons (Fsp3) is 0.429. The maximum absolute atomic E-state index is 10.9. The summed E-state index contributed by atoms with van der Waals surface area (Å²) in [6.07, 6.45) is 1.23. The molecule has 0 amide bonds. The average Bonchev–Trinajstić information content (AvgIpc) is 2.63. The van der Waals surface area contributed by atoms with Gasteiger partial charge < -0.3 is 20.2 Å². The highest BCUT2D eigenvalue weighted by atomic mass is 16.6. The van der Waals surface area contributed by atoms with E-state index in [1.165, 1.54) is 6.20 Å². The molecule has 0 bridgehead atoms. The Kier molecular flexibility index (Phi) is 3.61. The first-order chi connectivity index (χ1) is 7.15. The lowest BCUT2D eigenvalue weighted by molar-refractivity contribution is -0.388. The van der Waals surface area contributed by atoms with Gasteiger partial charge >= 0.3 is 11.8 Å². The maximum Gasteiger partial charge on any atom is 0.366 e. The van der Waals surface area contributed by atoms with E-state index in [1.807, 2.05) is 0 Å². The van der Waals surface area contributed by atoms with Gasteiger partial charge in [-0.05, 0) is 11.8 Å². The summed E-state index contributed by atoms with van der Waals surface area (Å²) in [4.78, 5) is 20.7. The lowest BCUT2D eigenvalue weighted by Gasteiger charge is -2.02. The second kappa shape index (κ2) is 4.94. The Balaban J connectivity index is 2.54. The molecule has 1 aromatic heterocycles. The van der Waals surface area contributed by atoms with E-state index in [-0.39, 0.29) is 24.7 Å². The molecule has 0 fully saturated rings. The van der Waals surface area contributed by atoms with Crippen LogP contribution in [0.2, 0.25) is 0 Å². The van der Waals surface area contributed by atoms with Gasteiger partial charge in [0.1, 0.15) is 12.7 Å². The Morgan fingerprint density at radius 3 is 3.13 bits per heavy atom. The standard InChI is InChI=1S/C7H10N4O4/c1-2-15-6(12)4-8-5-3-9-10-7(5)11(13)14/h3,8H,2,4H2,1H3,(H,9,10). The van der Waals surface area contributed by atoms with Crippen molar-refractivity contribution in [3.05, 3.63) is 16.3 Å². The van der Waals surface area contributed by atoms with Crippen molar-refractivity contribution in [3.8, 4) is 0 Å². The van der Waals surface area contributed by atoms with Crippen molar-refractivity contribution in [3.63, 3.8) is 0 Å². The molecule has 0 saturated heterocycles. The van der Waals surface area contributed by atoms with Crippen LogP contribution in [0.5, 0.6) is 0 Å². The highest BCUT2D eigenvalue weighted by Crippen LogP contribution is 2.18. The van der Waals surface area contributed by atoms with E-state index < -0.39 is 10.9 Å². The van der Waals surface area contributed by atoms with Gasteiger partial charge in [0.2, 0.25) is 0 Å². The zero-order valence-corrected chi connectivity index (χ0v) is 8.02. The summed E-state index contributed by atoms with van der Waals surface area (Å²) >= 11 is 0. The van der Waals surface area contributed by atoms with E-state index in [0.717, 1.165) is 0 Å². The third-order valence-electron chi connectivity index (χ3n) is 1.53. The van der Waals surface area contributed by atoms with Crippen molar-refractivity contribution >= 4 is 17.5 Å². The highest BCUT2D eigenvalue weighted by Gasteiger charge is 2.15. The van der Waals surface area contributed by atoms with Crippen LogP contribution in [0.1, 0.15) is 6.92 Å². The van der Waals surface area contributed by atoms with Crippen molar-refractivity contribution in [2.75, 3.05) is 18.5 Å². The van der Waals surface area contributed by atoms with Crippen molar-refractivity contribution in [1.82, 2.24) is 10.2 Å². The summed E-state index contributed by atoms with van der Waals surface area (Å²) in [6, 6.07) is 0. The fourth-order valence-electron chi connectivity index (χ4n) is 0.927. The van der Waals surface area contributed by atoms with Crippen LogP contribution in [-0.2, 0) is 9.53 Å². The van der Waals surface area contributed by atoms with Crippen LogP contribution >= 0.6 is 0 Å². The highest BCUT2D eigenvalue weighted by molar-refractivity contribution is 5.75. The Morgan fingerprint density at radius 2 is 2.53 bits per heavy atom. The molecule has 0 aliphatic carbocycles. The van der Waals surface area contributed by atoms with E-state index in [0.29, 0.717) is 0 Å².